The van der Waals surface area contributed by atoms with Crippen LogP contribution in [0.5, 0.6) is 5.75 Å². The second-order valence-corrected chi connectivity index (χ2v) is 5.54. The number of methoxy groups -OCH3 is 1. The van der Waals surface area contributed by atoms with Gasteiger partial charge in [0.2, 0.25) is 0 Å². The van der Waals surface area contributed by atoms with Crippen LogP contribution in [0.25, 0.3) is 10.8 Å². The molecule has 0 saturated heterocycles. The van der Waals surface area contributed by atoms with Crippen molar-refractivity contribution in [2.75, 3.05) is 7.11 Å². The van der Waals surface area contributed by atoms with Crippen LogP contribution < -0.4 is 16.0 Å². The van der Waals surface area contributed by atoms with Gasteiger partial charge in [0, 0.05) is 10.3 Å². The average molecular weight is 284 g/mol. The minimum atomic E-state index is -0.0199. The van der Waals surface area contributed by atoms with E-state index in [1.807, 2.05) is 23.6 Å². The van der Waals surface area contributed by atoms with E-state index in [4.69, 9.17) is 10.6 Å². The first-order valence-electron chi connectivity index (χ1n) is 6.39. The Labute approximate surface area is 122 Å². The van der Waals surface area contributed by atoms with Gasteiger partial charge >= 0.3 is 0 Å². The number of hydrogen-bond donors (Lipinski definition) is 2. The van der Waals surface area contributed by atoms with E-state index in [-0.39, 0.29) is 6.04 Å². The molecule has 1 heterocycles. The van der Waals surface area contributed by atoms with Gasteiger partial charge in [0.1, 0.15) is 5.75 Å². The smallest absolute Gasteiger partial charge is 0.129 e. The highest BCUT2D eigenvalue weighted by molar-refractivity contribution is 7.10. The number of hydrazine groups is 1. The Hall–Kier alpha value is -1.88. The molecule has 1 unspecified atom stereocenters. The van der Waals surface area contributed by atoms with Gasteiger partial charge in [-0.25, -0.2) is 5.43 Å². The first-order chi connectivity index (χ1) is 9.81. The minimum absolute atomic E-state index is 0.0199. The monoisotopic (exact) mass is 284 g/mol. The predicted molar refractivity (Wildman–Crippen MR) is 84.0 cm³/mol. The Bertz CT molecular complexity index is 723. The molecule has 20 heavy (non-hydrogen) atoms. The number of rotatable bonds is 4. The van der Waals surface area contributed by atoms with Crippen molar-refractivity contribution in [1.82, 2.24) is 5.43 Å². The van der Waals surface area contributed by atoms with Crippen LogP contribution in [0.1, 0.15) is 16.5 Å². The van der Waals surface area contributed by atoms with Crippen molar-refractivity contribution in [3.05, 3.63) is 64.4 Å². The molecule has 0 aliphatic rings. The molecule has 3 N–H and O–H groups in total. The number of hydrogen-bond acceptors (Lipinski definition) is 4. The standard InChI is InChI=1S/C16H16N2OS/c1-19-14-9-15(20-10-14)16(18-17)13-7-6-11-4-2-3-5-12(11)8-13/h2-10,16,18H,17H2,1H3. The van der Waals surface area contributed by atoms with E-state index in [0.29, 0.717) is 0 Å². The summed E-state index contributed by atoms with van der Waals surface area (Å²) in [5.41, 5.74) is 4.04. The van der Waals surface area contributed by atoms with E-state index >= 15 is 0 Å². The highest BCUT2D eigenvalue weighted by atomic mass is 32.1. The van der Waals surface area contributed by atoms with Gasteiger partial charge in [-0.05, 0) is 28.5 Å². The van der Waals surface area contributed by atoms with E-state index in [1.54, 1.807) is 18.4 Å². The van der Waals surface area contributed by atoms with Crippen molar-refractivity contribution in [3.8, 4) is 5.75 Å². The zero-order valence-electron chi connectivity index (χ0n) is 11.2. The zero-order chi connectivity index (χ0) is 13.9. The largest absolute Gasteiger partial charge is 0.496 e. The fourth-order valence-electron chi connectivity index (χ4n) is 2.32. The topological polar surface area (TPSA) is 47.3 Å². The summed E-state index contributed by atoms with van der Waals surface area (Å²) in [6, 6.07) is 16.7. The summed E-state index contributed by atoms with van der Waals surface area (Å²) in [6.45, 7) is 0. The number of nitrogens with two attached hydrogens (primary N) is 1. The Morgan fingerprint density at radius 2 is 1.90 bits per heavy atom. The van der Waals surface area contributed by atoms with E-state index in [9.17, 15) is 0 Å². The molecule has 4 heteroatoms. The molecule has 3 rings (SSSR count). The Morgan fingerprint density at radius 1 is 1.10 bits per heavy atom. The number of thiophene rings is 1. The van der Waals surface area contributed by atoms with Crippen LogP contribution in [-0.2, 0) is 0 Å². The van der Waals surface area contributed by atoms with Crippen LogP contribution in [0.2, 0.25) is 0 Å². The fourth-order valence-corrected chi connectivity index (χ4v) is 3.26. The zero-order valence-corrected chi connectivity index (χ0v) is 12.0. The predicted octanol–water partition coefficient (Wildman–Crippen LogP) is 3.46. The second-order valence-electron chi connectivity index (χ2n) is 4.60. The molecule has 102 valence electrons. The van der Waals surface area contributed by atoms with Crippen LogP contribution in [0, 0.1) is 0 Å². The summed E-state index contributed by atoms with van der Waals surface area (Å²) in [7, 11) is 1.67. The Balaban J connectivity index is 2.02. The highest BCUT2D eigenvalue weighted by Gasteiger charge is 2.15. The minimum Gasteiger partial charge on any atom is -0.496 e. The summed E-state index contributed by atoms with van der Waals surface area (Å²) in [4.78, 5) is 1.14. The molecule has 0 aliphatic carbocycles. The molecule has 0 amide bonds. The van der Waals surface area contributed by atoms with Crippen molar-refractivity contribution in [2.24, 2.45) is 5.84 Å². The summed E-state index contributed by atoms with van der Waals surface area (Å²) in [5, 5.41) is 4.44. The summed E-state index contributed by atoms with van der Waals surface area (Å²) in [6.07, 6.45) is 0. The van der Waals surface area contributed by atoms with E-state index in [2.05, 4.69) is 35.8 Å². The molecule has 1 aromatic heterocycles. The molecule has 2 aromatic carbocycles. The third-order valence-electron chi connectivity index (χ3n) is 3.39. The highest BCUT2D eigenvalue weighted by Crippen LogP contribution is 2.31. The lowest BCUT2D eigenvalue weighted by Crippen LogP contribution is -2.28. The average Bonchev–Trinajstić information content (AvgIpc) is 2.97. The van der Waals surface area contributed by atoms with E-state index in [0.717, 1.165) is 16.2 Å². The first-order valence-corrected chi connectivity index (χ1v) is 7.27. The molecule has 3 nitrogen and oxygen atoms in total. The van der Waals surface area contributed by atoms with Gasteiger partial charge < -0.3 is 4.74 Å². The third kappa shape index (κ3) is 2.41. The van der Waals surface area contributed by atoms with Crippen LogP contribution in [0.4, 0.5) is 0 Å². The lowest BCUT2D eigenvalue weighted by molar-refractivity contribution is 0.416. The van der Waals surface area contributed by atoms with Crippen molar-refractivity contribution in [1.29, 1.82) is 0 Å². The van der Waals surface area contributed by atoms with Gasteiger partial charge in [0.05, 0.1) is 13.2 Å². The van der Waals surface area contributed by atoms with Crippen molar-refractivity contribution >= 4 is 22.1 Å². The van der Waals surface area contributed by atoms with Crippen molar-refractivity contribution < 1.29 is 4.74 Å². The number of fused-ring (bicyclic) bond motifs is 1. The van der Waals surface area contributed by atoms with E-state index in [1.165, 1.54) is 10.8 Å². The molecule has 0 aliphatic heterocycles. The maximum Gasteiger partial charge on any atom is 0.129 e. The lowest BCUT2D eigenvalue weighted by Gasteiger charge is -2.15. The summed E-state index contributed by atoms with van der Waals surface area (Å²) < 4.78 is 5.24. The first kappa shape index (κ1) is 13.1. The summed E-state index contributed by atoms with van der Waals surface area (Å²) >= 11 is 1.64. The normalized spacial score (nSPS) is 12.5. The Morgan fingerprint density at radius 3 is 2.60 bits per heavy atom. The molecule has 0 spiro atoms. The van der Waals surface area contributed by atoms with Crippen LogP contribution in [0.15, 0.2) is 53.9 Å². The van der Waals surface area contributed by atoms with Gasteiger partial charge in [0.25, 0.3) is 0 Å². The van der Waals surface area contributed by atoms with E-state index < -0.39 is 0 Å². The SMILES string of the molecule is COc1csc(C(NN)c2ccc3ccccc3c2)c1. The lowest BCUT2D eigenvalue weighted by atomic mass is 10.0. The molecule has 0 saturated carbocycles. The molecule has 3 aromatic rings. The van der Waals surface area contributed by atoms with Crippen LogP contribution in [0.3, 0.4) is 0 Å². The quantitative estimate of drug-likeness (QED) is 0.570. The van der Waals surface area contributed by atoms with Crippen molar-refractivity contribution in [2.45, 2.75) is 6.04 Å². The fraction of sp³-hybridized carbons (Fsp3) is 0.125. The molecule has 0 fully saturated rings. The molecule has 0 bridgehead atoms. The maximum atomic E-state index is 5.75. The second kappa shape index (κ2) is 5.63. The molecule has 0 radical (unpaired) electrons. The van der Waals surface area contributed by atoms with Gasteiger partial charge in [-0.2, -0.15) is 0 Å². The van der Waals surface area contributed by atoms with Gasteiger partial charge in [0.15, 0.2) is 0 Å². The number of ether oxygens (including phenoxy) is 1. The van der Waals surface area contributed by atoms with Gasteiger partial charge in [-0.3, -0.25) is 5.84 Å². The number of nitrogens with one attached hydrogen (secondary N) is 1. The third-order valence-corrected chi connectivity index (χ3v) is 4.37. The van der Waals surface area contributed by atoms with Crippen molar-refractivity contribution in [3.63, 3.8) is 0 Å². The number of benzene rings is 2. The van der Waals surface area contributed by atoms with Gasteiger partial charge in [-0.1, -0.05) is 36.4 Å². The van der Waals surface area contributed by atoms with Crippen LogP contribution >= 0.6 is 11.3 Å². The molecular weight excluding hydrogens is 268 g/mol. The molecule has 1 atom stereocenters. The molecular formula is C16H16N2OS. The Kier molecular flexibility index (Phi) is 3.69. The van der Waals surface area contributed by atoms with Crippen LogP contribution in [-0.4, -0.2) is 7.11 Å². The van der Waals surface area contributed by atoms with Gasteiger partial charge in [-0.15, -0.1) is 11.3 Å². The maximum absolute atomic E-state index is 5.75. The summed E-state index contributed by atoms with van der Waals surface area (Å²) in [5.74, 6) is 6.61.